The van der Waals surface area contributed by atoms with E-state index in [1.54, 1.807) is 0 Å². The van der Waals surface area contributed by atoms with Crippen molar-refractivity contribution in [2.24, 2.45) is 22.7 Å². The van der Waals surface area contributed by atoms with E-state index < -0.39 is 33.7 Å². The van der Waals surface area contributed by atoms with Crippen molar-refractivity contribution in [1.29, 1.82) is 0 Å². The summed E-state index contributed by atoms with van der Waals surface area (Å²) in [5, 5.41) is 21.6. The van der Waals surface area contributed by atoms with Gasteiger partial charge in [0, 0.05) is 5.56 Å². The van der Waals surface area contributed by atoms with Crippen molar-refractivity contribution in [3.8, 4) is 5.75 Å². The third-order valence-corrected chi connectivity index (χ3v) is 10.6. The lowest BCUT2D eigenvalue weighted by molar-refractivity contribution is -0.135. The predicted octanol–water partition coefficient (Wildman–Crippen LogP) is 3.49. The molecule has 7 nitrogen and oxygen atoms in total. The van der Waals surface area contributed by atoms with Crippen LogP contribution < -0.4 is 5.32 Å². The molecule has 0 bridgehead atoms. The summed E-state index contributed by atoms with van der Waals surface area (Å²) in [5.74, 6) is -1.96. The zero-order chi connectivity index (χ0) is 23.7. The van der Waals surface area contributed by atoms with E-state index in [2.05, 4.69) is 33.0 Å². The number of aromatic hydroxyl groups is 1. The molecule has 2 saturated carbocycles. The zero-order valence-electron chi connectivity index (χ0n) is 19.2. The largest absolute Gasteiger partial charge is 0.508 e. The highest BCUT2D eigenvalue weighted by molar-refractivity contribution is 7.91. The van der Waals surface area contributed by atoms with Crippen molar-refractivity contribution < 1.29 is 28.2 Å². The highest BCUT2D eigenvalue weighted by Gasteiger charge is 2.62. The number of nitrogens with one attached hydrogen (secondary N) is 1. The summed E-state index contributed by atoms with van der Waals surface area (Å²) in [6.45, 7) is 8.27. The molecule has 4 atom stereocenters. The molecule has 176 valence electrons. The molecular formula is C24H33NO6S. The second-order valence-corrected chi connectivity index (χ2v) is 13.1. The fourth-order valence-corrected chi connectivity index (χ4v) is 9.82. The Kier molecular flexibility index (Phi) is 5.20. The predicted molar refractivity (Wildman–Crippen MR) is 119 cm³/mol. The van der Waals surface area contributed by atoms with E-state index in [9.17, 15) is 23.1 Å². The molecule has 2 fully saturated rings. The molecule has 8 heteroatoms. The number of phenolic OH excluding ortho intramolecular Hbond substituents is 1. The number of rotatable bonds is 3. The number of fused-ring (bicyclic) bond motifs is 5. The number of carboxylic acids is 1. The van der Waals surface area contributed by atoms with Crippen molar-refractivity contribution in [3.63, 3.8) is 0 Å². The summed E-state index contributed by atoms with van der Waals surface area (Å²) in [5.41, 5.74) is -0.129. The van der Waals surface area contributed by atoms with Crippen LogP contribution in [-0.4, -0.2) is 42.8 Å². The van der Waals surface area contributed by atoms with Crippen molar-refractivity contribution in [2.45, 2.75) is 70.1 Å². The standard InChI is InChI=1S/C24H33NO6S/c1-22(2)7-5-8-23(3)17(22)6-9-24(4)18(23)13-32(30,31)16-11-14(26)10-15(20(16)24)21(29)25-12-19(27)28/h10-11,17-18,26H,5-9,12-13H2,1-4H3,(H,25,29)(H,27,28)/t17-,18+,23-,24+/m0/s1. The fourth-order valence-electron chi connectivity index (χ4n) is 7.50. The summed E-state index contributed by atoms with van der Waals surface area (Å²) in [6, 6.07) is 2.53. The van der Waals surface area contributed by atoms with Crippen molar-refractivity contribution in [3.05, 3.63) is 23.3 Å². The van der Waals surface area contributed by atoms with Gasteiger partial charge in [-0.3, -0.25) is 9.59 Å². The lowest BCUT2D eigenvalue weighted by Gasteiger charge is -2.64. The van der Waals surface area contributed by atoms with Gasteiger partial charge in [0.15, 0.2) is 9.84 Å². The van der Waals surface area contributed by atoms with Gasteiger partial charge in [-0.05, 0) is 71.5 Å². The lowest BCUT2D eigenvalue weighted by Crippen LogP contribution is -2.60. The molecule has 32 heavy (non-hydrogen) atoms. The molecule has 1 heterocycles. The first-order chi connectivity index (χ1) is 14.7. The van der Waals surface area contributed by atoms with Crippen LogP contribution in [0.4, 0.5) is 0 Å². The van der Waals surface area contributed by atoms with E-state index in [0.717, 1.165) is 32.1 Å². The minimum atomic E-state index is -3.74. The maximum absolute atomic E-state index is 13.5. The van der Waals surface area contributed by atoms with Gasteiger partial charge < -0.3 is 15.5 Å². The lowest BCUT2D eigenvalue weighted by atomic mass is 9.42. The van der Waals surface area contributed by atoms with Gasteiger partial charge in [-0.25, -0.2) is 8.42 Å². The average molecular weight is 464 g/mol. The summed E-state index contributed by atoms with van der Waals surface area (Å²) < 4.78 is 27.0. The van der Waals surface area contributed by atoms with E-state index in [1.165, 1.54) is 12.1 Å². The number of phenols is 1. The normalized spacial score (nSPS) is 34.5. The van der Waals surface area contributed by atoms with Crippen LogP contribution in [0.15, 0.2) is 17.0 Å². The molecule has 1 aromatic carbocycles. The molecule has 1 aliphatic heterocycles. The van der Waals surface area contributed by atoms with Crippen LogP contribution in [0, 0.1) is 22.7 Å². The van der Waals surface area contributed by atoms with Gasteiger partial charge in [0.2, 0.25) is 0 Å². The molecule has 3 aliphatic rings. The monoisotopic (exact) mass is 463 g/mol. The number of hydrogen-bond donors (Lipinski definition) is 3. The molecule has 0 spiro atoms. The molecule has 0 aromatic heterocycles. The Labute approximate surface area is 189 Å². The van der Waals surface area contributed by atoms with Crippen LogP contribution in [0.2, 0.25) is 0 Å². The van der Waals surface area contributed by atoms with Gasteiger partial charge in [-0.2, -0.15) is 0 Å². The maximum atomic E-state index is 13.5. The van der Waals surface area contributed by atoms with E-state index in [0.29, 0.717) is 11.5 Å². The van der Waals surface area contributed by atoms with Crippen LogP contribution in [0.25, 0.3) is 0 Å². The highest BCUT2D eigenvalue weighted by Crippen LogP contribution is 2.66. The van der Waals surface area contributed by atoms with Crippen LogP contribution in [0.1, 0.15) is 75.7 Å². The minimum Gasteiger partial charge on any atom is -0.508 e. The summed E-state index contributed by atoms with van der Waals surface area (Å²) in [4.78, 5) is 24.0. The summed E-state index contributed by atoms with van der Waals surface area (Å²) >= 11 is 0. The number of hydrogen-bond acceptors (Lipinski definition) is 5. The number of benzene rings is 1. The first-order valence-corrected chi connectivity index (χ1v) is 13.0. The van der Waals surface area contributed by atoms with Gasteiger partial charge in [-0.1, -0.05) is 34.1 Å². The summed E-state index contributed by atoms with van der Waals surface area (Å²) in [6.07, 6.45) is 4.80. The Morgan fingerprint density at radius 1 is 1.09 bits per heavy atom. The van der Waals surface area contributed by atoms with E-state index >= 15 is 0 Å². The molecule has 3 N–H and O–H groups in total. The quantitative estimate of drug-likeness (QED) is 0.631. The topological polar surface area (TPSA) is 121 Å². The molecule has 0 radical (unpaired) electrons. The van der Waals surface area contributed by atoms with Crippen molar-refractivity contribution in [2.75, 3.05) is 12.3 Å². The third-order valence-electron chi connectivity index (χ3n) is 8.82. The molecule has 4 rings (SSSR count). The van der Waals surface area contributed by atoms with E-state index in [-0.39, 0.29) is 38.7 Å². The average Bonchev–Trinajstić information content (AvgIpc) is 2.67. The van der Waals surface area contributed by atoms with Gasteiger partial charge in [0.25, 0.3) is 5.91 Å². The fraction of sp³-hybridized carbons (Fsp3) is 0.667. The number of sulfone groups is 1. The Morgan fingerprint density at radius 3 is 2.44 bits per heavy atom. The minimum absolute atomic E-state index is 0.000775. The maximum Gasteiger partial charge on any atom is 0.322 e. The van der Waals surface area contributed by atoms with Gasteiger partial charge in [0.1, 0.15) is 12.3 Å². The third kappa shape index (κ3) is 3.33. The van der Waals surface area contributed by atoms with Gasteiger partial charge in [-0.15, -0.1) is 0 Å². The highest BCUT2D eigenvalue weighted by atomic mass is 32.2. The van der Waals surface area contributed by atoms with Crippen LogP contribution >= 0.6 is 0 Å². The van der Waals surface area contributed by atoms with Gasteiger partial charge in [0.05, 0.1) is 10.6 Å². The Bertz CT molecular complexity index is 1090. The molecule has 0 saturated heterocycles. The number of carbonyl (C=O) groups is 2. The molecule has 1 aromatic rings. The first-order valence-electron chi connectivity index (χ1n) is 11.3. The molecule has 2 aliphatic carbocycles. The van der Waals surface area contributed by atoms with Crippen LogP contribution in [0.5, 0.6) is 5.75 Å². The van der Waals surface area contributed by atoms with E-state index in [4.69, 9.17) is 5.11 Å². The smallest absolute Gasteiger partial charge is 0.322 e. The first kappa shape index (κ1) is 23.1. The number of carbonyl (C=O) groups excluding carboxylic acids is 1. The number of aliphatic carboxylic acids is 1. The van der Waals surface area contributed by atoms with Crippen molar-refractivity contribution in [1.82, 2.24) is 5.32 Å². The Morgan fingerprint density at radius 2 is 1.78 bits per heavy atom. The number of carboxylic acid groups (broad SMARTS) is 1. The second-order valence-electron chi connectivity index (χ2n) is 11.1. The second kappa shape index (κ2) is 7.20. The Hall–Kier alpha value is -2.09. The summed E-state index contributed by atoms with van der Waals surface area (Å²) in [7, 11) is -3.74. The number of amides is 1. The van der Waals surface area contributed by atoms with Crippen LogP contribution in [-0.2, 0) is 20.0 Å². The molecule has 0 unspecified atom stereocenters. The van der Waals surface area contributed by atoms with Crippen LogP contribution in [0.3, 0.4) is 0 Å². The zero-order valence-corrected chi connectivity index (χ0v) is 20.0. The Balaban J connectivity index is 1.92. The van der Waals surface area contributed by atoms with Crippen molar-refractivity contribution >= 4 is 21.7 Å². The molecular weight excluding hydrogens is 430 g/mol. The van der Waals surface area contributed by atoms with E-state index in [1.807, 2.05) is 0 Å². The van der Waals surface area contributed by atoms with Gasteiger partial charge >= 0.3 is 5.97 Å². The SMILES string of the molecule is CC1(C)CCC[C@]2(C)[C@H]3CS(=O)(=O)c4cc(O)cc(C(=O)NCC(=O)O)c4[C@]3(C)CC[C@@H]12. The molecule has 1 amide bonds.